The van der Waals surface area contributed by atoms with E-state index >= 15 is 0 Å². The number of nitrogens with one attached hydrogen (secondary N) is 2. The van der Waals surface area contributed by atoms with Gasteiger partial charge in [0.15, 0.2) is 0 Å². The van der Waals surface area contributed by atoms with Crippen molar-refractivity contribution in [2.24, 2.45) is 5.10 Å². The summed E-state index contributed by atoms with van der Waals surface area (Å²) in [5.41, 5.74) is 5.90. The quantitative estimate of drug-likeness (QED) is 0.623. The van der Waals surface area contributed by atoms with Crippen molar-refractivity contribution in [2.45, 2.75) is 33.6 Å². The second kappa shape index (κ2) is 8.40. The molecule has 1 aromatic heterocycles. The Morgan fingerprint density at radius 3 is 2.42 bits per heavy atom. The predicted octanol–water partition coefficient (Wildman–Crippen LogP) is 3.43. The molecule has 0 aliphatic heterocycles. The molecule has 2 N–H and O–H groups in total. The first-order valence-corrected chi connectivity index (χ1v) is 8.54. The predicted molar refractivity (Wildman–Crippen MR) is 98.4 cm³/mol. The van der Waals surface area contributed by atoms with Crippen molar-refractivity contribution in [1.82, 2.24) is 5.43 Å². The number of carbonyl (C=O) groups excluding carboxylic acids is 2. The van der Waals surface area contributed by atoms with Crippen LogP contribution in [0.2, 0.25) is 0 Å². The van der Waals surface area contributed by atoms with Crippen molar-refractivity contribution in [2.75, 3.05) is 5.32 Å². The first-order chi connectivity index (χ1) is 11.5. The summed E-state index contributed by atoms with van der Waals surface area (Å²) in [6.07, 6.45) is 0.427. The molecule has 0 bridgehead atoms. The van der Waals surface area contributed by atoms with Crippen LogP contribution in [0.5, 0.6) is 0 Å². The topological polar surface area (TPSA) is 70.6 Å². The van der Waals surface area contributed by atoms with Crippen molar-refractivity contribution in [1.29, 1.82) is 0 Å². The summed E-state index contributed by atoms with van der Waals surface area (Å²) in [7, 11) is 0. The number of thiophene rings is 1. The van der Waals surface area contributed by atoms with Gasteiger partial charge in [-0.2, -0.15) is 5.10 Å². The van der Waals surface area contributed by atoms with Crippen LogP contribution >= 0.6 is 11.3 Å². The van der Waals surface area contributed by atoms with Gasteiger partial charge in [0, 0.05) is 16.3 Å². The van der Waals surface area contributed by atoms with E-state index in [0.717, 1.165) is 21.7 Å². The Labute approximate surface area is 145 Å². The molecule has 1 aromatic carbocycles. The van der Waals surface area contributed by atoms with Gasteiger partial charge in [0.2, 0.25) is 11.8 Å². The van der Waals surface area contributed by atoms with Crippen molar-refractivity contribution in [3.05, 3.63) is 51.7 Å². The maximum atomic E-state index is 12.1. The minimum atomic E-state index is -0.188. The lowest BCUT2D eigenvalue weighted by Gasteiger charge is -2.11. The average Bonchev–Trinajstić information content (AvgIpc) is 3.02. The maximum Gasteiger partial charge on any atom is 0.245 e. The fourth-order valence-electron chi connectivity index (χ4n) is 2.24. The highest BCUT2D eigenvalue weighted by Crippen LogP contribution is 2.19. The van der Waals surface area contributed by atoms with Crippen LogP contribution in [0.1, 0.15) is 29.3 Å². The molecule has 0 spiro atoms. The summed E-state index contributed by atoms with van der Waals surface area (Å²) in [6.45, 7) is 5.62. The van der Waals surface area contributed by atoms with E-state index < -0.39 is 0 Å². The first kappa shape index (κ1) is 17.9. The fourth-order valence-corrected chi connectivity index (χ4v) is 2.94. The summed E-state index contributed by atoms with van der Waals surface area (Å²) < 4.78 is 0. The van der Waals surface area contributed by atoms with Crippen molar-refractivity contribution in [3.8, 4) is 0 Å². The van der Waals surface area contributed by atoms with Gasteiger partial charge in [0.05, 0.1) is 12.8 Å². The molecule has 2 amide bonds. The summed E-state index contributed by atoms with van der Waals surface area (Å²) >= 11 is 1.53. The third-order valence-electron chi connectivity index (χ3n) is 3.45. The SMILES string of the molecule is C/C(CC(=O)Nc1c(C)cccc1C)=N\NC(=O)Cc1cccs1. The van der Waals surface area contributed by atoms with Crippen LogP contribution in [0.15, 0.2) is 40.8 Å². The number of hydrazone groups is 1. The van der Waals surface area contributed by atoms with E-state index in [2.05, 4.69) is 15.8 Å². The van der Waals surface area contributed by atoms with Gasteiger partial charge in [-0.1, -0.05) is 24.3 Å². The molecule has 126 valence electrons. The minimum Gasteiger partial charge on any atom is -0.325 e. The number of amides is 2. The van der Waals surface area contributed by atoms with Crippen LogP contribution in [0.3, 0.4) is 0 Å². The minimum absolute atomic E-state index is 0.132. The maximum absolute atomic E-state index is 12.1. The molecule has 5 nitrogen and oxygen atoms in total. The summed E-state index contributed by atoms with van der Waals surface area (Å²) in [4.78, 5) is 24.9. The van der Waals surface area contributed by atoms with E-state index in [9.17, 15) is 9.59 Å². The van der Waals surface area contributed by atoms with E-state index in [-0.39, 0.29) is 18.2 Å². The third kappa shape index (κ3) is 5.31. The van der Waals surface area contributed by atoms with Crippen molar-refractivity contribution < 1.29 is 9.59 Å². The smallest absolute Gasteiger partial charge is 0.245 e. The number of aryl methyl sites for hydroxylation is 2. The average molecular weight is 343 g/mol. The molecule has 0 unspecified atom stereocenters. The largest absolute Gasteiger partial charge is 0.325 e. The van der Waals surface area contributed by atoms with Gasteiger partial charge in [-0.25, -0.2) is 5.43 Å². The number of nitrogens with zero attached hydrogens (tertiary/aromatic N) is 1. The van der Waals surface area contributed by atoms with Gasteiger partial charge in [-0.05, 0) is 43.3 Å². The molecule has 6 heteroatoms. The molecular formula is C18H21N3O2S. The molecule has 2 rings (SSSR count). The molecule has 0 radical (unpaired) electrons. The molecule has 24 heavy (non-hydrogen) atoms. The van der Waals surface area contributed by atoms with Gasteiger partial charge >= 0.3 is 0 Å². The van der Waals surface area contributed by atoms with E-state index in [1.807, 2.05) is 49.6 Å². The highest BCUT2D eigenvalue weighted by molar-refractivity contribution is 7.10. The summed E-state index contributed by atoms with van der Waals surface area (Å²) in [6, 6.07) is 9.66. The summed E-state index contributed by atoms with van der Waals surface area (Å²) in [5.74, 6) is -0.340. The van der Waals surface area contributed by atoms with Crippen LogP contribution in [0, 0.1) is 13.8 Å². The highest BCUT2D eigenvalue weighted by atomic mass is 32.1. The Bertz CT molecular complexity index is 731. The third-order valence-corrected chi connectivity index (χ3v) is 4.32. The molecule has 2 aromatic rings. The Hall–Kier alpha value is -2.47. The lowest BCUT2D eigenvalue weighted by Crippen LogP contribution is -2.22. The molecule has 0 aliphatic carbocycles. The number of anilines is 1. The molecule has 0 saturated heterocycles. The summed E-state index contributed by atoms with van der Waals surface area (Å²) in [5, 5.41) is 8.82. The molecular weight excluding hydrogens is 322 g/mol. The van der Waals surface area contributed by atoms with Crippen molar-refractivity contribution >= 4 is 34.6 Å². The molecule has 0 fully saturated rings. The number of hydrogen-bond acceptors (Lipinski definition) is 4. The first-order valence-electron chi connectivity index (χ1n) is 7.66. The fraction of sp³-hybridized carbons (Fsp3) is 0.278. The van der Waals surface area contributed by atoms with E-state index in [4.69, 9.17) is 0 Å². The molecule has 1 heterocycles. The lowest BCUT2D eigenvalue weighted by atomic mass is 10.1. The number of para-hydroxylation sites is 1. The number of carbonyl (C=O) groups is 2. The molecule has 0 saturated carbocycles. The highest BCUT2D eigenvalue weighted by Gasteiger charge is 2.09. The van der Waals surface area contributed by atoms with Crippen LogP contribution < -0.4 is 10.7 Å². The zero-order valence-electron chi connectivity index (χ0n) is 14.1. The van der Waals surface area contributed by atoms with Crippen LogP contribution in [0.25, 0.3) is 0 Å². The van der Waals surface area contributed by atoms with Gasteiger partial charge < -0.3 is 5.32 Å². The molecule has 0 aliphatic rings. The Morgan fingerprint density at radius 2 is 1.79 bits per heavy atom. The van der Waals surface area contributed by atoms with Crippen LogP contribution in [0.4, 0.5) is 5.69 Å². The number of benzene rings is 1. The zero-order valence-corrected chi connectivity index (χ0v) is 14.9. The number of rotatable bonds is 6. The van der Waals surface area contributed by atoms with E-state index in [1.54, 1.807) is 6.92 Å². The lowest BCUT2D eigenvalue weighted by molar-refractivity contribution is -0.120. The monoisotopic (exact) mass is 343 g/mol. The second-order valence-corrected chi connectivity index (χ2v) is 6.66. The molecule has 0 atom stereocenters. The van der Waals surface area contributed by atoms with E-state index in [0.29, 0.717) is 12.1 Å². The van der Waals surface area contributed by atoms with Crippen LogP contribution in [-0.2, 0) is 16.0 Å². The zero-order chi connectivity index (χ0) is 17.5. The normalized spacial score (nSPS) is 11.2. The van der Waals surface area contributed by atoms with Gasteiger partial charge in [0.1, 0.15) is 0 Å². The number of hydrogen-bond donors (Lipinski definition) is 2. The van der Waals surface area contributed by atoms with Crippen molar-refractivity contribution in [3.63, 3.8) is 0 Å². The Balaban J connectivity index is 1.85. The Morgan fingerprint density at radius 1 is 1.08 bits per heavy atom. The van der Waals surface area contributed by atoms with Crippen LogP contribution in [-0.4, -0.2) is 17.5 Å². The second-order valence-electron chi connectivity index (χ2n) is 5.63. The standard InChI is InChI=1S/C18H21N3O2S/c1-12-6-4-7-13(2)18(12)19-16(22)10-14(3)20-21-17(23)11-15-8-5-9-24-15/h4-9H,10-11H2,1-3H3,(H,19,22)(H,21,23)/b20-14+. The van der Waals surface area contributed by atoms with Gasteiger partial charge in [-0.3, -0.25) is 9.59 Å². The van der Waals surface area contributed by atoms with E-state index in [1.165, 1.54) is 11.3 Å². The van der Waals surface area contributed by atoms with Gasteiger partial charge in [-0.15, -0.1) is 11.3 Å². The van der Waals surface area contributed by atoms with Gasteiger partial charge in [0.25, 0.3) is 0 Å². The Kier molecular flexibility index (Phi) is 6.26.